The van der Waals surface area contributed by atoms with Gasteiger partial charge in [-0.25, -0.2) is 4.98 Å². The van der Waals surface area contributed by atoms with Crippen molar-refractivity contribution in [2.24, 2.45) is 12.8 Å². The molecule has 2 N–H and O–H groups in total. The summed E-state index contributed by atoms with van der Waals surface area (Å²) in [6.45, 7) is 0.620. The zero-order valence-corrected chi connectivity index (χ0v) is 10.3. The van der Waals surface area contributed by atoms with Crippen LogP contribution in [0, 0.1) is 0 Å². The smallest absolute Gasteiger partial charge is 0.140 e. The van der Waals surface area contributed by atoms with Crippen LogP contribution in [-0.2, 0) is 13.6 Å². The Kier molecular flexibility index (Phi) is 2.63. The highest BCUT2D eigenvalue weighted by molar-refractivity contribution is 5.82. The van der Waals surface area contributed by atoms with Gasteiger partial charge in [-0.2, -0.15) is 0 Å². The van der Waals surface area contributed by atoms with E-state index >= 15 is 0 Å². The highest BCUT2D eigenvalue weighted by Crippen LogP contribution is 2.38. The van der Waals surface area contributed by atoms with Gasteiger partial charge in [0.1, 0.15) is 5.65 Å². The van der Waals surface area contributed by atoms with E-state index in [0.717, 1.165) is 5.65 Å². The standard InChI is InChI=1S/C14H19N3/c1-17-13(10-5-2-3-6-10)12(9-15)11-7-4-8-16-14(11)17/h4,7-8,10H,2-3,5-6,9,15H2,1H3. The van der Waals surface area contributed by atoms with Gasteiger partial charge in [0.05, 0.1) is 0 Å². The lowest BCUT2D eigenvalue weighted by molar-refractivity contribution is 0.651. The second-order valence-electron chi connectivity index (χ2n) is 4.98. The molecule has 1 aliphatic rings. The van der Waals surface area contributed by atoms with Crippen LogP contribution in [0.1, 0.15) is 42.9 Å². The minimum atomic E-state index is 0.620. The minimum Gasteiger partial charge on any atom is -0.332 e. The molecule has 1 fully saturated rings. The Morgan fingerprint density at radius 1 is 1.41 bits per heavy atom. The summed E-state index contributed by atoms with van der Waals surface area (Å²) < 4.78 is 2.26. The molecule has 2 aromatic rings. The number of aryl methyl sites for hydroxylation is 1. The van der Waals surface area contributed by atoms with E-state index in [1.807, 2.05) is 12.3 Å². The Morgan fingerprint density at radius 3 is 2.88 bits per heavy atom. The van der Waals surface area contributed by atoms with Crippen molar-refractivity contribution in [3.05, 3.63) is 29.6 Å². The number of pyridine rings is 1. The molecule has 17 heavy (non-hydrogen) atoms. The van der Waals surface area contributed by atoms with Crippen LogP contribution < -0.4 is 5.73 Å². The summed E-state index contributed by atoms with van der Waals surface area (Å²) in [5.41, 5.74) is 9.77. The molecule has 0 aromatic carbocycles. The molecule has 2 heterocycles. The molecular formula is C14H19N3. The van der Waals surface area contributed by atoms with Gasteiger partial charge in [-0.3, -0.25) is 0 Å². The molecule has 1 aliphatic carbocycles. The second kappa shape index (κ2) is 4.15. The first-order valence-electron chi connectivity index (χ1n) is 6.45. The summed E-state index contributed by atoms with van der Waals surface area (Å²) in [5.74, 6) is 0.688. The summed E-state index contributed by atoms with van der Waals surface area (Å²) in [6, 6.07) is 4.14. The third-order valence-corrected chi connectivity index (χ3v) is 4.05. The maximum Gasteiger partial charge on any atom is 0.140 e. The van der Waals surface area contributed by atoms with Gasteiger partial charge in [-0.15, -0.1) is 0 Å². The van der Waals surface area contributed by atoms with Crippen molar-refractivity contribution in [2.45, 2.75) is 38.1 Å². The van der Waals surface area contributed by atoms with Crippen molar-refractivity contribution in [2.75, 3.05) is 0 Å². The van der Waals surface area contributed by atoms with Crippen LogP contribution in [-0.4, -0.2) is 9.55 Å². The van der Waals surface area contributed by atoms with Crippen molar-refractivity contribution in [1.29, 1.82) is 0 Å². The van der Waals surface area contributed by atoms with Gasteiger partial charge in [0.2, 0.25) is 0 Å². The van der Waals surface area contributed by atoms with Gasteiger partial charge in [0.15, 0.2) is 0 Å². The van der Waals surface area contributed by atoms with Gasteiger partial charge in [0, 0.05) is 30.9 Å². The minimum absolute atomic E-state index is 0.620. The van der Waals surface area contributed by atoms with Crippen molar-refractivity contribution < 1.29 is 0 Å². The SMILES string of the molecule is Cn1c(C2CCCC2)c(CN)c2cccnc21. The van der Waals surface area contributed by atoms with E-state index in [9.17, 15) is 0 Å². The summed E-state index contributed by atoms with van der Waals surface area (Å²) in [6.07, 6.45) is 7.17. The average Bonchev–Trinajstić information content (AvgIpc) is 2.96. The molecule has 1 saturated carbocycles. The number of hydrogen-bond acceptors (Lipinski definition) is 2. The fourth-order valence-corrected chi connectivity index (χ4v) is 3.29. The lowest BCUT2D eigenvalue weighted by atomic mass is 9.99. The van der Waals surface area contributed by atoms with E-state index in [1.165, 1.54) is 42.3 Å². The largest absolute Gasteiger partial charge is 0.332 e. The summed E-state index contributed by atoms with van der Waals surface area (Å²) >= 11 is 0. The van der Waals surface area contributed by atoms with Crippen molar-refractivity contribution in [1.82, 2.24) is 9.55 Å². The number of rotatable bonds is 2. The molecule has 3 nitrogen and oxygen atoms in total. The van der Waals surface area contributed by atoms with Gasteiger partial charge >= 0.3 is 0 Å². The first-order valence-corrected chi connectivity index (χ1v) is 6.45. The number of fused-ring (bicyclic) bond motifs is 1. The normalized spacial score (nSPS) is 17.1. The van der Waals surface area contributed by atoms with Crippen LogP contribution in [0.3, 0.4) is 0 Å². The van der Waals surface area contributed by atoms with E-state index < -0.39 is 0 Å². The van der Waals surface area contributed by atoms with Gasteiger partial charge < -0.3 is 10.3 Å². The Balaban J connectivity index is 2.24. The first-order chi connectivity index (χ1) is 8.33. The molecule has 0 spiro atoms. The number of nitrogens with zero attached hydrogens (tertiary/aromatic N) is 2. The van der Waals surface area contributed by atoms with Gasteiger partial charge in [-0.1, -0.05) is 12.8 Å². The Hall–Kier alpha value is -1.35. The monoisotopic (exact) mass is 229 g/mol. The van der Waals surface area contributed by atoms with Crippen molar-refractivity contribution >= 4 is 11.0 Å². The highest BCUT2D eigenvalue weighted by Gasteiger charge is 2.25. The zero-order valence-electron chi connectivity index (χ0n) is 10.3. The fourth-order valence-electron chi connectivity index (χ4n) is 3.29. The van der Waals surface area contributed by atoms with Crippen LogP contribution in [0.15, 0.2) is 18.3 Å². The fraction of sp³-hybridized carbons (Fsp3) is 0.500. The zero-order chi connectivity index (χ0) is 11.8. The maximum atomic E-state index is 5.96. The van der Waals surface area contributed by atoms with Gasteiger partial charge in [-0.05, 0) is 36.5 Å². The number of aromatic nitrogens is 2. The van der Waals surface area contributed by atoms with Gasteiger partial charge in [0.25, 0.3) is 0 Å². The van der Waals surface area contributed by atoms with E-state index in [4.69, 9.17) is 5.73 Å². The molecule has 0 amide bonds. The summed E-state index contributed by atoms with van der Waals surface area (Å²) in [4.78, 5) is 4.49. The Labute approximate surface area is 102 Å². The topological polar surface area (TPSA) is 43.8 Å². The number of nitrogens with two attached hydrogens (primary N) is 1. The lowest BCUT2D eigenvalue weighted by Gasteiger charge is -2.13. The molecule has 0 unspecified atom stereocenters. The van der Waals surface area contributed by atoms with Crippen LogP contribution in [0.25, 0.3) is 11.0 Å². The van der Waals surface area contributed by atoms with Crippen LogP contribution in [0.5, 0.6) is 0 Å². The number of hydrogen-bond donors (Lipinski definition) is 1. The van der Waals surface area contributed by atoms with Crippen LogP contribution in [0.2, 0.25) is 0 Å². The summed E-state index contributed by atoms with van der Waals surface area (Å²) in [7, 11) is 2.13. The highest BCUT2D eigenvalue weighted by atomic mass is 15.0. The Morgan fingerprint density at radius 2 is 2.18 bits per heavy atom. The second-order valence-corrected chi connectivity index (χ2v) is 4.98. The molecule has 0 aliphatic heterocycles. The molecular weight excluding hydrogens is 210 g/mol. The predicted molar refractivity (Wildman–Crippen MR) is 69.8 cm³/mol. The molecule has 0 saturated heterocycles. The molecule has 90 valence electrons. The summed E-state index contributed by atoms with van der Waals surface area (Å²) in [5, 5.41) is 1.24. The van der Waals surface area contributed by atoms with E-state index in [2.05, 4.69) is 22.7 Å². The third kappa shape index (κ3) is 1.57. The molecule has 0 radical (unpaired) electrons. The maximum absolute atomic E-state index is 5.96. The van der Waals surface area contributed by atoms with Crippen LogP contribution >= 0.6 is 0 Å². The van der Waals surface area contributed by atoms with Crippen LogP contribution in [0.4, 0.5) is 0 Å². The third-order valence-electron chi connectivity index (χ3n) is 4.05. The Bertz CT molecular complexity index is 536. The van der Waals surface area contributed by atoms with E-state index in [0.29, 0.717) is 12.5 Å². The quantitative estimate of drug-likeness (QED) is 0.860. The molecule has 3 rings (SSSR count). The van der Waals surface area contributed by atoms with E-state index in [1.54, 1.807) is 0 Å². The molecule has 3 heteroatoms. The first kappa shape index (κ1) is 10.8. The molecule has 0 atom stereocenters. The van der Waals surface area contributed by atoms with Crippen molar-refractivity contribution in [3.63, 3.8) is 0 Å². The van der Waals surface area contributed by atoms with E-state index in [-0.39, 0.29) is 0 Å². The average molecular weight is 229 g/mol. The predicted octanol–water partition coefficient (Wildman–Crippen LogP) is 2.69. The van der Waals surface area contributed by atoms with Crippen molar-refractivity contribution in [3.8, 4) is 0 Å². The lowest BCUT2D eigenvalue weighted by Crippen LogP contribution is -2.07. The molecule has 2 aromatic heterocycles. The molecule has 0 bridgehead atoms.